The molecule has 4 N–H and O–H groups in total. The number of carbonyl (C=O) groups excluding carboxylic acids is 3. The predicted octanol–water partition coefficient (Wildman–Crippen LogP) is -1.43. The molecule has 0 unspecified atom stereocenters. The number of piperazine rings is 1. The van der Waals surface area contributed by atoms with Gasteiger partial charge in [0.25, 0.3) is 0 Å². The maximum Gasteiger partial charge on any atom is 0.237 e. The van der Waals surface area contributed by atoms with Crippen LogP contribution in [0, 0.1) is 0 Å². The first kappa shape index (κ1) is 15.0. The Balaban J connectivity index is 1.96. The fourth-order valence-electron chi connectivity index (χ4n) is 2.22. The molecule has 114 valence electrons. The second-order valence-corrected chi connectivity index (χ2v) is 4.86. The summed E-state index contributed by atoms with van der Waals surface area (Å²) in [5, 5.41) is 5.13. The number of furan rings is 1. The van der Waals surface area contributed by atoms with Crippen LogP contribution >= 0.6 is 0 Å². The maximum atomic E-state index is 12.0. The average molecular weight is 294 g/mol. The van der Waals surface area contributed by atoms with E-state index in [1.54, 1.807) is 12.5 Å². The lowest BCUT2D eigenvalue weighted by atomic mass is 10.1. The largest absolute Gasteiger partial charge is 0.472 e. The third-order valence-corrected chi connectivity index (χ3v) is 3.25. The molecule has 1 fully saturated rings. The lowest BCUT2D eigenvalue weighted by Gasteiger charge is -2.34. The molecule has 1 atom stereocenters. The van der Waals surface area contributed by atoms with Gasteiger partial charge in [-0.1, -0.05) is 0 Å². The summed E-state index contributed by atoms with van der Waals surface area (Å²) >= 11 is 0. The second-order valence-electron chi connectivity index (χ2n) is 4.86. The van der Waals surface area contributed by atoms with Crippen LogP contribution < -0.4 is 16.4 Å². The zero-order valence-electron chi connectivity index (χ0n) is 11.5. The minimum absolute atomic E-state index is 0.0169. The van der Waals surface area contributed by atoms with Gasteiger partial charge in [-0.15, -0.1) is 0 Å². The van der Waals surface area contributed by atoms with Crippen molar-refractivity contribution >= 4 is 17.7 Å². The Morgan fingerprint density at radius 2 is 2.33 bits per heavy atom. The molecule has 1 aromatic rings. The van der Waals surface area contributed by atoms with Gasteiger partial charge in [-0.25, -0.2) is 0 Å². The van der Waals surface area contributed by atoms with Crippen LogP contribution in [0.25, 0.3) is 0 Å². The summed E-state index contributed by atoms with van der Waals surface area (Å²) in [6.45, 7) is 1.48. The first-order valence-electron chi connectivity index (χ1n) is 6.64. The Hall–Kier alpha value is -2.35. The van der Waals surface area contributed by atoms with Crippen molar-refractivity contribution < 1.29 is 18.8 Å². The number of carbonyl (C=O) groups is 3. The molecule has 0 bridgehead atoms. The molecule has 0 radical (unpaired) electrons. The standard InChI is InChI=1S/C13H18N4O4/c14-11(18)6-16-12(19)5-10-13(20)15-2-3-17(10)7-9-1-4-21-8-9/h1,4,8,10H,2-3,5-7H2,(H2,14,18)(H,15,20)(H,16,19)/t10-/m0/s1. The molecule has 2 rings (SSSR count). The van der Waals surface area contributed by atoms with E-state index in [1.807, 2.05) is 11.0 Å². The van der Waals surface area contributed by atoms with Crippen LogP contribution in [0.4, 0.5) is 0 Å². The molecular formula is C13H18N4O4. The van der Waals surface area contributed by atoms with Gasteiger partial charge in [0.1, 0.15) is 0 Å². The SMILES string of the molecule is NC(=O)CNC(=O)C[C@H]1C(=O)NCCN1Cc1ccoc1. The van der Waals surface area contributed by atoms with E-state index in [0.29, 0.717) is 19.6 Å². The molecule has 1 aromatic heterocycles. The highest BCUT2D eigenvalue weighted by molar-refractivity contribution is 5.90. The summed E-state index contributed by atoms with van der Waals surface area (Å²) in [6, 6.07) is 1.25. The molecule has 1 aliphatic rings. The van der Waals surface area contributed by atoms with Crippen LogP contribution in [0.5, 0.6) is 0 Å². The van der Waals surface area contributed by atoms with Crippen LogP contribution in [0.1, 0.15) is 12.0 Å². The Kier molecular flexibility index (Phi) is 4.94. The minimum atomic E-state index is -0.619. The fourth-order valence-corrected chi connectivity index (χ4v) is 2.22. The van der Waals surface area contributed by atoms with Gasteiger partial charge in [-0.3, -0.25) is 19.3 Å². The van der Waals surface area contributed by atoms with Crippen molar-refractivity contribution in [2.24, 2.45) is 5.73 Å². The molecule has 0 spiro atoms. The normalized spacial score (nSPS) is 19.0. The van der Waals surface area contributed by atoms with Crippen molar-refractivity contribution in [3.8, 4) is 0 Å². The summed E-state index contributed by atoms with van der Waals surface area (Å²) in [7, 11) is 0. The molecule has 8 nitrogen and oxygen atoms in total. The van der Waals surface area contributed by atoms with Gasteiger partial charge in [0, 0.05) is 25.2 Å². The Bertz CT molecular complexity index is 514. The summed E-state index contributed by atoms with van der Waals surface area (Å²) < 4.78 is 5.01. The van der Waals surface area contributed by atoms with Crippen LogP contribution in [0.2, 0.25) is 0 Å². The van der Waals surface area contributed by atoms with Gasteiger partial charge >= 0.3 is 0 Å². The zero-order chi connectivity index (χ0) is 15.2. The molecule has 0 aliphatic carbocycles. The van der Waals surface area contributed by atoms with E-state index in [1.165, 1.54) is 0 Å². The van der Waals surface area contributed by atoms with Crippen molar-refractivity contribution in [1.29, 1.82) is 0 Å². The van der Waals surface area contributed by atoms with Crippen molar-refractivity contribution in [3.63, 3.8) is 0 Å². The predicted molar refractivity (Wildman–Crippen MR) is 72.7 cm³/mol. The highest BCUT2D eigenvalue weighted by Crippen LogP contribution is 2.14. The molecule has 0 aromatic carbocycles. The number of amides is 3. The Morgan fingerprint density at radius 3 is 3.00 bits per heavy atom. The van der Waals surface area contributed by atoms with Gasteiger partial charge in [0.2, 0.25) is 17.7 Å². The monoisotopic (exact) mass is 294 g/mol. The van der Waals surface area contributed by atoms with E-state index in [2.05, 4.69) is 10.6 Å². The van der Waals surface area contributed by atoms with E-state index < -0.39 is 11.9 Å². The smallest absolute Gasteiger partial charge is 0.237 e. The first-order valence-corrected chi connectivity index (χ1v) is 6.64. The molecule has 8 heteroatoms. The number of nitrogens with zero attached hydrogens (tertiary/aromatic N) is 1. The lowest BCUT2D eigenvalue weighted by molar-refractivity contribution is -0.134. The van der Waals surface area contributed by atoms with E-state index in [9.17, 15) is 14.4 Å². The topological polar surface area (TPSA) is 118 Å². The third-order valence-electron chi connectivity index (χ3n) is 3.25. The number of nitrogens with two attached hydrogens (primary N) is 1. The van der Waals surface area contributed by atoms with E-state index >= 15 is 0 Å². The van der Waals surface area contributed by atoms with Crippen molar-refractivity contribution in [3.05, 3.63) is 24.2 Å². The molecule has 21 heavy (non-hydrogen) atoms. The van der Waals surface area contributed by atoms with E-state index in [-0.39, 0.29) is 24.8 Å². The van der Waals surface area contributed by atoms with E-state index in [4.69, 9.17) is 10.2 Å². The number of primary amides is 1. The Morgan fingerprint density at radius 1 is 1.52 bits per heavy atom. The van der Waals surface area contributed by atoms with Gasteiger partial charge in [-0.2, -0.15) is 0 Å². The fraction of sp³-hybridized carbons (Fsp3) is 0.462. The molecule has 3 amide bonds. The summed E-state index contributed by atoms with van der Waals surface area (Å²) in [4.78, 5) is 36.3. The second kappa shape index (κ2) is 6.89. The summed E-state index contributed by atoms with van der Waals surface area (Å²) in [5.74, 6) is -1.20. The zero-order valence-corrected chi connectivity index (χ0v) is 11.5. The van der Waals surface area contributed by atoms with Crippen molar-refractivity contribution in [2.45, 2.75) is 19.0 Å². The highest BCUT2D eigenvalue weighted by Gasteiger charge is 2.31. The number of hydrogen-bond donors (Lipinski definition) is 3. The van der Waals surface area contributed by atoms with Gasteiger partial charge in [-0.05, 0) is 6.07 Å². The third kappa shape index (κ3) is 4.32. The molecule has 0 saturated carbocycles. The van der Waals surface area contributed by atoms with Crippen molar-refractivity contribution in [2.75, 3.05) is 19.6 Å². The molecule has 1 saturated heterocycles. The van der Waals surface area contributed by atoms with E-state index in [0.717, 1.165) is 5.56 Å². The van der Waals surface area contributed by atoms with Gasteiger partial charge in [0.05, 0.1) is 31.5 Å². The van der Waals surface area contributed by atoms with Crippen LogP contribution in [-0.2, 0) is 20.9 Å². The average Bonchev–Trinajstić information content (AvgIpc) is 2.93. The van der Waals surface area contributed by atoms with Gasteiger partial charge in [0.15, 0.2) is 0 Å². The quantitative estimate of drug-likeness (QED) is 0.594. The molecule has 1 aliphatic heterocycles. The number of rotatable bonds is 6. The van der Waals surface area contributed by atoms with Crippen LogP contribution in [0.15, 0.2) is 23.0 Å². The van der Waals surface area contributed by atoms with Gasteiger partial charge < -0.3 is 20.8 Å². The highest BCUT2D eigenvalue weighted by atomic mass is 16.3. The van der Waals surface area contributed by atoms with Crippen molar-refractivity contribution in [1.82, 2.24) is 15.5 Å². The summed E-state index contributed by atoms with van der Waals surface area (Å²) in [6.07, 6.45) is 3.15. The summed E-state index contributed by atoms with van der Waals surface area (Å²) in [5.41, 5.74) is 5.90. The Labute approximate surface area is 121 Å². The number of hydrogen-bond acceptors (Lipinski definition) is 5. The minimum Gasteiger partial charge on any atom is -0.472 e. The van der Waals surface area contributed by atoms with Crippen LogP contribution in [-0.4, -0.2) is 48.3 Å². The molecule has 2 heterocycles. The molecular weight excluding hydrogens is 276 g/mol. The first-order chi connectivity index (χ1) is 10.1. The maximum absolute atomic E-state index is 12.0. The lowest BCUT2D eigenvalue weighted by Crippen LogP contribution is -2.56. The number of nitrogens with one attached hydrogen (secondary N) is 2. The van der Waals surface area contributed by atoms with Crippen LogP contribution in [0.3, 0.4) is 0 Å².